The molecule has 0 N–H and O–H groups in total. The molecule has 0 spiro atoms. The lowest BCUT2D eigenvalue weighted by molar-refractivity contribution is -0.122. The number of ether oxygens (including phenoxy) is 1. The van der Waals surface area contributed by atoms with Gasteiger partial charge in [-0.3, -0.25) is 14.6 Å². The number of likely N-dealkylation sites (tertiary alicyclic amines) is 1. The fraction of sp³-hybridized carbons (Fsp3) is 0.381. The monoisotopic (exact) mass is 363 g/mol. The standard InChI is InChI=1S/C21H21N3O3/c25-20(16-5-3-4-10-22-16)24-13-15-11-18(24)21(26)23(12-14-8-9-14)17-6-1-2-7-19(17)27-15/h1-7,10,14-15,18H,8-9,11-13H2/t15-,18-/m0/s1. The second-order valence-electron chi connectivity index (χ2n) is 7.52. The molecule has 0 unspecified atom stereocenters. The fourth-order valence-electron chi connectivity index (χ4n) is 3.98. The molecular formula is C21H21N3O3. The molecule has 1 saturated carbocycles. The Hall–Kier alpha value is -2.89. The minimum atomic E-state index is -0.503. The Morgan fingerprint density at radius 1 is 1.15 bits per heavy atom. The third-order valence-electron chi connectivity index (χ3n) is 5.55. The molecule has 138 valence electrons. The fourth-order valence-corrected chi connectivity index (χ4v) is 3.98. The topological polar surface area (TPSA) is 62.7 Å². The molecule has 1 aromatic carbocycles. The number of carbonyl (C=O) groups excluding carboxylic acids is 2. The van der Waals surface area contributed by atoms with Crippen LogP contribution in [0.25, 0.3) is 0 Å². The Labute approximate surface area is 157 Å². The van der Waals surface area contributed by atoms with Gasteiger partial charge < -0.3 is 14.5 Å². The summed E-state index contributed by atoms with van der Waals surface area (Å²) in [5, 5.41) is 0. The van der Waals surface area contributed by atoms with Gasteiger partial charge in [-0.25, -0.2) is 0 Å². The van der Waals surface area contributed by atoms with Crippen molar-refractivity contribution in [2.24, 2.45) is 5.92 Å². The van der Waals surface area contributed by atoms with Gasteiger partial charge in [-0.2, -0.15) is 0 Å². The van der Waals surface area contributed by atoms with Gasteiger partial charge in [0.2, 0.25) is 5.91 Å². The number of nitrogens with zero attached hydrogens (tertiary/aromatic N) is 3. The predicted molar refractivity (Wildman–Crippen MR) is 99.6 cm³/mol. The summed E-state index contributed by atoms with van der Waals surface area (Å²) in [7, 11) is 0. The highest BCUT2D eigenvalue weighted by Crippen LogP contribution is 2.39. The third-order valence-corrected chi connectivity index (χ3v) is 5.55. The molecule has 2 atom stereocenters. The van der Waals surface area contributed by atoms with Gasteiger partial charge in [-0.05, 0) is 43.0 Å². The minimum absolute atomic E-state index is 0.00979. The summed E-state index contributed by atoms with van der Waals surface area (Å²) >= 11 is 0. The van der Waals surface area contributed by atoms with Gasteiger partial charge in [0.15, 0.2) is 0 Å². The molecule has 0 radical (unpaired) electrons. The van der Waals surface area contributed by atoms with Crippen molar-refractivity contribution < 1.29 is 14.3 Å². The van der Waals surface area contributed by atoms with E-state index in [-0.39, 0.29) is 17.9 Å². The van der Waals surface area contributed by atoms with E-state index >= 15 is 0 Å². The maximum atomic E-state index is 13.5. The Kier molecular flexibility index (Phi) is 3.85. The first-order valence-corrected chi connectivity index (χ1v) is 9.50. The second-order valence-corrected chi connectivity index (χ2v) is 7.52. The van der Waals surface area contributed by atoms with Gasteiger partial charge in [0.05, 0.1) is 12.2 Å². The number of para-hydroxylation sites is 2. The summed E-state index contributed by atoms with van der Waals surface area (Å²) in [5.41, 5.74) is 1.18. The van der Waals surface area contributed by atoms with Crippen molar-refractivity contribution in [2.75, 3.05) is 18.0 Å². The van der Waals surface area contributed by atoms with Gasteiger partial charge in [0, 0.05) is 19.2 Å². The quantitative estimate of drug-likeness (QED) is 0.841. The van der Waals surface area contributed by atoms with Crippen LogP contribution in [-0.2, 0) is 4.79 Å². The molecule has 2 aliphatic heterocycles. The molecule has 2 fully saturated rings. The molecule has 2 bridgehead atoms. The summed E-state index contributed by atoms with van der Waals surface area (Å²) in [6.07, 6.45) is 4.23. The van der Waals surface area contributed by atoms with Crippen LogP contribution in [-0.4, -0.2) is 46.9 Å². The number of amides is 2. The smallest absolute Gasteiger partial charge is 0.273 e. The first-order valence-electron chi connectivity index (χ1n) is 9.50. The number of hydrogen-bond donors (Lipinski definition) is 0. The van der Waals surface area contributed by atoms with Crippen molar-refractivity contribution in [3.8, 4) is 5.75 Å². The number of carbonyl (C=O) groups is 2. The van der Waals surface area contributed by atoms with E-state index in [2.05, 4.69) is 4.98 Å². The van der Waals surface area contributed by atoms with E-state index in [1.165, 1.54) is 0 Å². The Balaban J connectivity index is 1.51. The lowest BCUT2D eigenvalue weighted by Gasteiger charge is -2.31. The lowest BCUT2D eigenvalue weighted by Crippen LogP contribution is -2.48. The van der Waals surface area contributed by atoms with Crippen LogP contribution in [0.4, 0.5) is 5.69 Å². The number of benzene rings is 1. The van der Waals surface area contributed by atoms with Crippen LogP contribution < -0.4 is 9.64 Å². The van der Waals surface area contributed by atoms with Crippen LogP contribution in [0.15, 0.2) is 48.7 Å². The molecule has 6 heteroatoms. The highest BCUT2D eigenvalue weighted by atomic mass is 16.5. The summed E-state index contributed by atoms with van der Waals surface area (Å²) in [6, 6.07) is 12.4. The van der Waals surface area contributed by atoms with E-state index in [0.717, 1.165) is 24.3 Å². The highest BCUT2D eigenvalue weighted by molar-refractivity contribution is 6.03. The van der Waals surface area contributed by atoms with Crippen LogP contribution in [0.3, 0.4) is 0 Å². The molecule has 1 aliphatic carbocycles. The van der Waals surface area contributed by atoms with Crippen LogP contribution in [0.1, 0.15) is 29.8 Å². The van der Waals surface area contributed by atoms with Crippen molar-refractivity contribution >= 4 is 17.5 Å². The molecule has 3 heterocycles. The predicted octanol–water partition coefficient (Wildman–Crippen LogP) is 2.50. The summed E-state index contributed by atoms with van der Waals surface area (Å²) in [5.74, 6) is 1.04. The average molecular weight is 363 g/mol. The summed E-state index contributed by atoms with van der Waals surface area (Å²) in [6.45, 7) is 1.09. The molecule has 6 nitrogen and oxygen atoms in total. The second kappa shape index (κ2) is 6.37. The first kappa shape index (κ1) is 16.3. The van der Waals surface area contributed by atoms with Crippen molar-refractivity contribution in [3.05, 3.63) is 54.4 Å². The summed E-state index contributed by atoms with van der Waals surface area (Å²) < 4.78 is 6.22. The zero-order valence-electron chi connectivity index (χ0n) is 15.0. The Morgan fingerprint density at radius 2 is 1.96 bits per heavy atom. The van der Waals surface area contributed by atoms with Crippen molar-refractivity contribution in [1.29, 1.82) is 0 Å². The van der Waals surface area contributed by atoms with Crippen LogP contribution in [0.5, 0.6) is 5.75 Å². The van der Waals surface area contributed by atoms with Gasteiger partial charge in [0.25, 0.3) is 5.91 Å². The van der Waals surface area contributed by atoms with Crippen molar-refractivity contribution in [3.63, 3.8) is 0 Å². The highest BCUT2D eigenvalue weighted by Gasteiger charge is 2.46. The normalized spacial score (nSPS) is 24.1. The number of rotatable bonds is 3. The van der Waals surface area contributed by atoms with Crippen LogP contribution in [0, 0.1) is 5.92 Å². The van der Waals surface area contributed by atoms with Gasteiger partial charge in [-0.1, -0.05) is 18.2 Å². The molecular weight excluding hydrogens is 342 g/mol. The van der Waals surface area contributed by atoms with E-state index in [9.17, 15) is 9.59 Å². The SMILES string of the molecule is O=C1[C@@H]2C[C@@H](CN2C(=O)c2ccccn2)Oc2ccccc2N1CC1CC1. The van der Waals surface area contributed by atoms with Crippen molar-refractivity contribution in [1.82, 2.24) is 9.88 Å². The van der Waals surface area contributed by atoms with Crippen LogP contribution >= 0.6 is 0 Å². The molecule has 5 rings (SSSR count). The maximum absolute atomic E-state index is 13.5. The van der Waals surface area contributed by atoms with E-state index in [1.54, 1.807) is 29.3 Å². The van der Waals surface area contributed by atoms with E-state index < -0.39 is 6.04 Å². The van der Waals surface area contributed by atoms with Crippen molar-refractivity contribution in [2.45, 2.75) is 31.4 Å². The number of anilines is 1. The first-order chi connectivity index (χ1) is 13.2. The Morgan fingerprint density at radius 3 is 2.74 bits per heavy atom. The number of pyridine rings is 1. The maximum Gasteiger partial charge on any atom is 0.273 e. The Bertz CT molecular complexity index is 881. The van der Waals surface area contributed by atoms with E-state index in [4.69, 9.17) is 4.74 Å². The van der Waals surface area contributed by atoms with Gasteiger partial charge in [0.1, 0.15) is 23.6 Å². The lowest BCUT2D eigenvalue weighted by atomic mass is 10.1. The number of hydrogen-bond acceptors (Lipinski definition) is 4. The minimum Gasteiger partial charge on any atom is -0.486 e. The molecule has 2 aromatic rings. The summed E-state index contributed by atoms with van der Waals surface area (Å²) in [4.78, 5) is 34.1. The van der Waals surface area contributed by atoms with Crippen LogP contribution in [0.2, 0.25) is 0 Å². The average Bonchev–Trinajstić information content (AvgIpc) is 3.42. The molecule has 27 heavy (non-hydrogen) atoms. The van der Waals surface area contributed by atoms with Gasteiger partial charge in [-0.15, -0.1) is 0 Å². The van der Waals surface area contributed by atoms with E-state index in [0.29, 0.717) is 31.1 Å². The molecule has 1 aromatic heterocycles. The zero-order chi connectivity index (χ0) is 18.4. The molecule has 2 amide bonds. The third kappa shape index (κ3) is 2.95. The zero-order valence-corrected chi connectivity index (χ0v) is 15.0. The largest absolute Gasteiger partial charge is 0.486 e. The number of fused-ring (bicyclic) bond motifs is 3. The molecule has 3 aliphatic rings. The van der Waals surface area contributed by atoms with Gasteiger partial charge >= 0.3 is 0 Å². The molecule has 1 saturated heterocycles. The van der Waals surface area contributed by atoms with E-state index in [1.807, 2.05) is 29.2 Å². The number of aromatic nitrogens is 1.